The van der Waals surface area contributed by atoms with Crippen LogP contribution in [0, 0.1) is 0 Å². The Hall–Kier alpha value is -1.88. The number of carbonyl (C=O) groups excluding carboxylic acids is 2. The van der Waals surface area contributed by atoms with Crippen molar-refractivity contribution in [2.75, 3.05) is 18.5 Å². The molecule has 0 unspecified atom stereocenters. The smallest absolute Gasteiger partial charge is 0.338 e. The Morgan fingerprint density at radius 2 is 2.24 bits per heavy atom. The summed E-state index contributed by atoms with van der Waals surface area (Å²) in [6.45, 7) is 2.96. The SMILES string of the molecule is CCOC(=O)c1ccc2c(c1)CNCC(=O)N2. The van der Waals surface area contributed by atoms with Crippen molar-refractivity contribution in [1.82, 2.24) is 5.32 Å². The summed E-state index contributed by atoms with van der Waals surface area (Å²) in [6.07, 6.45) is 0. The molecule has 5 nitrogen and oxygen atoms in total. The topological polar surface area (TPSA) is 67.4 Å². The average molecular weight is 234 g/mol. The summed E-state index contributed by atoms with van der Waals surface area (Å²) in [4.78, 5) is 22.9. The van der Waals surface area contributed by atoms with Crippen LogP contribution in [0.2, 0.25) is 0 Å². The van der Waals surface area contributed by atoms with Crippen LogP contribution in [0.4, 0.5) is 5.69 Å². The fourth-order valence-electron chi connectivity index (χ4n) is 1.71. The molecule has 1 heterocycles. The first-order chi connectivity index (χ1) is 8.20. The van der Waals surface area contributed by atoms with Crippen LogP contribution in [0.15, 0.2) is 18.2 Å². The largest absolute Gasteiger partial charge is 0.462 e. The van der Waals surface area contributed by atoms with Crippen LogP contribution in [-0.4, -0.2) is 25.0 Å². The van der Waals surface area contributed by atoms with Gasteiger partial charge in [-0.1, -0.05) is 0 Å². The summed E-state index contributed by atoms with van der Waals surface area (Å²) in [6, 6.07) is 5.13. The molecule has 1 amide bonds. The first-order valence-electron chi connectivity index (χ1n) is 5.51. The average Bonchev–Trinajstić information content (AvgIpc) is 2.49. The van der Waals surface area contributed by atoms with Crippen LogP contribution >= 0.6 is 0 Å². The van der Waals surface area contributed by atoms with E-state index in [-0.39, 0.29) is 18.4 Å². The predicted octanol–water partition coefficient (Wildman–Crippen LogP) is 0.905. The number of fused-ring (bicyclic) bond motifs is 1. The Morgan fingerprint density at radius 3 is 3.00 bits per heavy atom. The van der Waals surface area contributed by atoms with E-state index in [4.69, 9.17) is 4.74 Å². The number of hydrogen-bond donors (Lipinski definition) is 2. The molecule has 1 aliphatic rings. The van der Waals surface area contributed by atoms with E-state index in [1.165, 1.54) is 0 Å². The number of benzene rings is 1. The van der Waals surface area contributed by atoms with Gasteiger partial charge in [-0.15, -0.1) is 0 Å². The lowest BCUT2D eigenvalue weighted by Crippen LogP contribution is -2.23. The molecule has 0 spiro atoms. The number of hydrogen-bond acceptors (Lipinski definition) is 4. The Kier molecular flexibility index (Phi) is 3.39. The van der Waals surface area contributed by atoms with Gasteiger partial charge in [-0.2, -0.15) is 0 Å². The van der Waals surface area contributed by atoms with Gasteiger partial charge in [0.05, 0.1) is 18.7 Å². The van der Waals surface area contributed by atoms with Gasteiger partial charge in [0.15, 0.2) is 0 Å². The molecule has 90 valence electrons. The molecule has 0 aliphatic carbocycles. The molecule has 1 aromatic carbocycles. The molecule has 1 aliphatic heterocycles. The minimum absolute atomic E-state index is 0.0763. The van der Waals surface area contributed by atoms with Crippen LogP contribution in [0.3, 0.4) is 0 Å². The molecule has 0 radical (unpaired) electrons. The number of nitrogens with one attached hydrogen (secondary N) is 2. The van der Waals surface area contributed by atoms with Crippen LogP contribution in [0.1, 0.15) is 22.8 Å². The normalized spacial score (nSPS) is 14.5. The number of anilines is 1. The zero-order valence-electron chi connectivity index (χ0n) is 9.58. The van der Waals surface area contributed by atoms with E-state index in [0.29, 0.717) is 18.7 Å². The van der Waals surface area contributed by atoms with Crippen molar-refractivity contribution < 1.29 is 14.3 Å². The first kappa shape index (κ1) is 11.6. The van der Waals surface area contributed by atoms with Crippen LogP contribution in [0.25, 0.3) is 0 Å². The van der Waals surface area contributed by atoms with E-state index in [0.717, 1.165) is 11.3 Å². The van der Waals surface area contributed by atoms with E-state index < -0.39 is 0 Å². The molecule has 2 N–H and O–H groups in total. The number of esters is 1. The highest BCUT2D eigenvalue weighted by Crippen LogP contribution is 2.19. The first-order valence-corrected chi connectivity index (χ1v) is 5.51. The lowest BCUT2D eigenvalue weighted by Gasteiger charge is -2.08. The Labute approximate surface area is 99.2 Å². The van der Waals surface area contributed by atoms with Gasteiger partial charge >= 0.3 is 5.97 Å². The van der Waals surface area contributed by atoms with Gasteiger partial charge in [-0.25, -0.2) is 4.79 Å². The van der Waals surface area contributed by atoms with Gasteiger partial charge in [-0.3, -0.25) is 4.79 Å². The molecule has 0 bridgehead atoms. The fraction of sp³-hybridized carbons (Fsp3) is 0.333. The van der Waals surface area contributed by atoms with Crippen molar-refractivity contribution in [2.24, 2.45) is 0 Å². The number of carbonyl (C=O) groups is 2. The van der Waals surface area contributed by atoms with Gasteiger partial charge in [0.2, 0.25) is 5.91 Å². The number of amides is 1. The summed E-state index contributed by atoms with van der Waals surface area (Å²) in [5.41, 5.74) is 2.14. The van der Waals surface area contributed by atoms with Gasteiger partial charge < -0.3 is 15.4 Å². The zero-order valence-corrected chi connectivity index (χ0v) is 9.58. The third-order valence-corrected chi connectivity index (χ3v) is 2.49. The Balaban J connectivity index is 2.27. The van der Waals surface area contributed by atoms with E-state index in [2.05, 4.69) is 10.6 Å². The molecule has 2 rings (SSSR count). The summed E-state index contributed by atoms with van der Waals surface area (Å²) < 4.78 is 4.92. The van der Waals surface area contributed by atoms with Gasteiger partial charge in [0.1, 0.15) is 0 Å². The summed E-state index contributed by atoms with van der Waals surface area (Å²) in [5, 5.41) is 5.75. The quantitative estimate of drug-likeness (QED) is 0.746. The number of ether oxygens (including phenoxy) is 1. The van der Waals surface area contributed by atoms with E-state index in [1.54, 1.807) is 25.1 Å². The lowest BCUT2D eigenvalue weighted by atomic mass is 10.1. The molecule has 0 aromatic heterocycles. The van der Waals surface area contributed by atoms with Crippen LogP contribution in [-0.2, 0) is 16.1 Å². The minimum atomic E-state index is -0.342. The molecule has 0 atom stereocenters. The van der Waals surface area contributed by atoms with E-state index in [9.17, 15) is 9.59 Å². The van der Waals surface area contributed by atoms with Crippen molar-refractivity contribution in [3.05, 3.63) is 29.3 Å². The highest BCUT2D eigenvalue weighted by atomic mass is 16.5. The molecule has 0 fully saturated rings. The highest BCUT2D eigenvalue weighted by molar-refractivity contribution is 5.95. The van der Waals surface area contributed by atoms with Gasteiger partial charge in [0.25, 0.3) is 0 Å². The summed E-state index contributed by atoms with van der Waals surface area (Å²) in [5.74, 6) is -0.418. The highest BCUT2D eigenvalue weighted by Gasteiger charge is 2.14. The maximum Gasteiger partial charge on any atom is 0.338 e. The minimum Gasteiger partial charge on any atom is -0.462 e. The molecule has 5 heteroatoms. The van der Waals surface area contributed by atoms with Crippen LogP contribution < -0.4 is 10.6 Å². The van der Waals surface area contributed by atoms with Crippen LogP contribution in [0.5, 0.6) is 0 Å². The summed E-state index contributed by atoms with van der Waals surface area (Å²) >= 11 is 0. The third kappa shape index (κ3) is 2.62. The van der Waals surface area contributed by atoms with Crippen molar-refractivity contribution in [3.63, 3.8) is 0 Å². The van der Waals surface area contributed by atoms with Crippen molar-refractivity contribution >= 4 is 17.6 Å². The maximum absolute atomic E-state index is 11.6. The molecular formula is C12H14N2O3. The standard InChI is InChI=1S/C12H14N2O3/c1-2-17-12(16)8-3-4-10-9(5-8)6-13-7-11(15)14-10/h3-5,13H,2,6-7H2,1H3,(H,14,15). The lowest BCUT2D eigenvalue weighted by molar-refractivity contribution is -0.115. The molecule has 17 heavy (non-hydrogen) atoms. The van der Waals surface area contributed by atoms with Gasteiger partial charge in [0, 0.05) is 12.2 Å². The van der Waals surface area contributed by atoms with E-state index in [1.807, 2.05) is 0 Å². The number of rotatable bonds is 2. The molecule has 0 saturated carbocycles. The fourth-order valence-corrected chi connectivity index (χ4v) is 1.71. The molecular weight excluding hydrogens is 220 g/mol. The van der Waals surface area contributed by atoms with Crippen molar-refractivity contribution in [3.8, 4) is 0 Å². The van der Waals surface area contributed by atoms with Gasteiger partial charge in [-0.05, 0) is 30.7 Å². The summed E-state index contributed by atoms with van der Waals surface area (Å²) in [7, 11) is 0. The maximum atomic E-state index is 11.6. The second-order valence-electron chi connectivity index (χ2n) is 3.74. The monoisotopic (exact) mass is 234 g/mol. The zero-order chi connectivity index (χ0) is 12.3. The Morgan fingerprint density at radius 1 is 1.41 bits per heavy atom. The second-order valence-corrected chi connectivity index (χ2v) is 3.74. The molecule has 1 aromatic rings. The van der Waals surface area contributed by atoms with Crippen molar-refractivity contribution in [2.45, 2.75) is 13.5 Å². The molecule has 0 saturated heterocycles. The van der Waals surface area contributed by atoms with Crippen molar-refractivity contribution in [1.29, 1.82) is 0 Å². The van der Waals surface area contributed by atoms with E-state index >= 15 is 0 Å². The second kappa shape index (κ2) is 4.97. The third-order valence-electron chi connectivity index (χ3n) is 2.49. The Bertz CT molecular complexity index is 457. The predicted molar refractivity (Wildman–Crippen MR) is 62.7 cm³/mol.